The van der Waals surface area contributed by atoms with Crippen LogP contribution in [0.3, 0.4) is 0 Å². The van der Waals surface area contributed by atoms with Crippen LogP contribution in [0.4, 0.5) is 15.8 Å². The predicted molar refractivity (Wildman–Crippen MR) is 96.5 cm³/mol. The van der Waals surface area contributed by atoms with Crippen LogP contribution in [-0.2, 0) is 6.54 Å². The normalized spacial score (nSPS) is 10.3. The van der Waals surface area contributed by atoms with Crippen molar-refractivity contribution >= 4 is 28.9 Å². The van der Waals surface area contributed by atoms with Gasteiger partial charge >= 0.3 is 0 Å². The van der Waals surface area contributed by atoms with Gasteiger partial charge in [-0.1, -0.05) is 29.8 Å². The molecule has 0 atom stereocenters. The molecule has 2 aromatic carbocycles. The van der Waals surface area contributed by atoms with Gasteiger partial charge in [-0.3, -0.25) is 9.78 Å². The second kappa shape index (κ2) is 7.77. The van der Waals surface area contributed by atoms with Crippen LogP contribution in [0, 0.1) is 5.82 Å². The maximum absolute atomic E-state index is 12.9. The third-order valence-corrected chi connectivity index (χ3v) is 3.72. The molecular formula is C19H15ClFN3O. The summed E-state index contributed by atoms with van der Waals surface area (Å²) in [7, 11) is 0. The van der Waals surface area contributed by atoms with E-state index in [4.69, 9.17) is 11.6 Å². The molecule has 0 unspecified atom stereocenters. The quantitative estimate of drug-likeness (QED) is 0.706. The fourth-order valence-electron chi connectivity index (χ4n) is 2.25. The topological polar surface area (TPSA) is 54.0 Å². The number of rotatable bonds is 5. The Labute approximate surface area is 149 Å². The summed E-state index contributed by atoms with van der Waals surface area (Å²) in [5, 5.41) is 6.55. The van der Waals surface area contributed by atoms with Crippen molar-refractivity contribution in [3.05, 3.63) is 89.0 Å². The maximum atomic E-state index is 12.9. The molecule has 0 fully saturated rings. The fraction of sp³-hybridized carbons (Fsp3) is 0.0526. The second-order valence-electron chi connectivity index (χ2n) is 5.41. The number of pyridine rings is 1. The summed E-state index contributed by atoms with van der Waals surface area (Å²) in [6.07, 6.45) is 3.11. The molecule has 0 aliphatic heterocycles. The van der Waals surface area contributed by atoms with Crippen molar-refractivity contribution in [2.45, 2.75) is 6.54 Å². The number of hydrogen-bond acceptors (Lipinski definition) is 3. The van der Waals surface area contributed by atoms with Gasteiger partial charge in [-0.2, -0.15) is 0 Å². The van der Waals surface area contributed by atoms with Crippen molar-refractivity contribution in [3.63, 3.8) is 0 Å². The zero-order valence-electron chi connectivity index (χ0n) is 13.2. The molecule has 0 spiro atoms. The largest absolute Gasteiger partial charge is 0.354 e. The van der Waals surface area contributed by atoms with E-state index in [1.165, 1.54) is 18.3 Å². The number of amides is 1. The molecule has 0 aliphatic carbocycles. The lowest BCUT2D eigenvalue weighted by atomic mass is 10.2. The van der Waals surface area contributed by atoms with Gasteiger partial charge < -0.3 is 10.6 Å². The monoisotopic (exact) mass is 355 g/mol. The van der Waals surface area contributed by atoms with Crippen LogP contribution >= 0.6 is 11.6 Å². The summed E-state index contributed by atoms with van der Waals surface area (Å²) in [6, 6.07) is 14.9. The lowest BCUT2D eigenvalue weighted by Crippen LogP contribution is -2.23. The van der Waals surface area contributed by atoms with Crippen molar-refractivity contribution in [1.82, 2.24) is 10.3 Å². The molecular weight excluding hydrogens is 341 g/mol. The number of anilines is 2. The van der Waals surface area contributed by atoms with Gasteiger partial charge in [-0.25, -0.2) is 4.39 Å². The van der Waals surface area contributed by atoms with Crippen molar-refractivity contribution in [2.24, 2.45) is 0 Å². The average molecular weight is 356 g/mol. The lowest BCUT2D eigenvalue weighted by molar-refractivity contribution is 0.0950. The number of hydrogen-bond donors (Lipinski definition) is 2. The Hall–Kier alpha value is -2.92. The fourth-order valence-corrected chi connectivity index (χ4v) is 2.44. The SMILES string of the molecule is O=C(NCc1ccc(F)cc1)c1cncc(Nc2cccc(Cl)c2)c1. The standard InChI is InChI=1S/C19H15ClFN3O/c20-15-2-1-3-17(9-15)24-18-8-14(11-22-12-18)19(25)23-10-13-4-6-16(21)7-5-13/h1-9,11-12,24H,10H2,(H,23,25). The van der Waals surface area contributed by atoms with E-state index in [2.05, 4.69) is 15.6 Å². The molecule has 4 nitrogen and oxygen atoms in total. The minimum atomic E-state index is -0.306. The number of benzene rings is 2. The molecule has 0 saturated heterocycles. The van der Waals surface area contributed by atoms with E-state index >= 15 is 0 Å². The van der Waals surface area contributed by atoms with Gasteiger partial charge in [0.1, 0.15) is 5.82 Å². The first kappa shape index (κ1) is 16.9. The highest BCUT2D eigenvalue weighted by atomic mass is 35.5. The zero-order valence-corrected chi connectivity index (χ0v) is 13.9. The van der Waals surface area contributed by atoms with Crippen molar-refractivity contribution in [2.75, 3.05) is 5.32 Å². The molecule has 25 heavy (non-hydrogen) atoms. The third-order valence-electron chi connectivity index (χ3n) is 3.48. The smallest absolute Gasteiger partial charge is 0.253 e. The molecule has 3 aromatic rings. The number of halogens is 2. The van der Waals surface area contributed by atoms with Crippen LogP contribution in [0.1, 0.15) is 15.9 Å². The van der Waals surface area contributed by atoms with Crippen molar-refractivity contribution in [1.29, 1.82) is 0 Å². The average Bonchev–Trinajstić information content (AvgIpc) is 2.61. The van der Waals surface area contributed by atoms with E-state index in [0.29, 0.717) is 22.8 Å². The highest BCUT2D eigenvalue weighted by Gasteiger charge is 2.07. The number of nitrogens with one attached hydrogen (secondary N) is 2. The van der Waals surface area contributed by atoms with Crippen molar-refractivity contribution < 1.29 is 9.18 Å². The highest BCUT2D eigenvalue weighted by Crippen LogP contribution is 2.20. The number of aromatic nitrogens is 1. The van der Waals surface area contributed by atoms with Gasteiger partial charge in [-0.15, -0.1) is 0 Å². The molecule has 0 radical (unpaired) electrons. The van der Waals surface area contributed by atoms with E-state index in [9.17, 15) is 9.18 Å². The predicted octanol–water partition coefficient (Wildman–Crippen LogP) is 4.55. The summed E-state index contributed by atoms with van der Waals surface area (Å²) in [5.74, 6) is -0.564. The summed E-state index contributed by atoms with van der Waals surface area (Å²) in [5.41, 5.74) is 2.72. The van der Waals surface area contributed by atoms with Crippen LogP contribution in [0.25, 0.3) is 0 Å². The zero-order chi connectivity index (χ0) is 17.6. The second-order valence-corrected chi connectivity index (χ2v) is 5.84. The van der Waals surface area contributed by atoms with Gasteiger partial charge in [0.2, 0.25) is 0 Å². The third kappa shape index (κ3) is 4.78. The molecule has 2 N–H and O–H groups in total. The van der Waals surface area contributed by atoms with Gasteiger partial charge in [0.15, 0.2) is 0 Å². The van der Waals surface area contributed by atoms with E-state index in [0.717, 1.165) is 11.3 Å². The van der Waals surface area contributed by atoms with Gasteiger partial charge in [-0.05, 0) is 42.0 Å². The van der Waals surface area contributed by atoms with E-state index in [1.807, 2.05) is 12.1 Å². The van der Waals surface area contributed by atoms with Crippen LogP contribution in [0.5, 0.6) is 0 Å². The van der Waals surface area contributed by atoms with Crippen LogP contribution in [-0.4, -0.2) is 10.9 Å². The first-order valence-corrected chi connectivity index (χ1v) is 7.98. The number of nitrogens with zero attached hydrogens (tertiary/aromatic N) is 1. The molecule has 1 aromatic heterocycles. The maximum Gasteiger partial charge on any atom is 0.253 e. The van der Waals surface area contributed by atoms with E-state index in [1.54, 1.807) is 36.5 Å². The first-order valence-electron chi connectivity index (χ1n) is 7.60. The molecule has 3 rings (SSSR count). The Morgan fingerprint density at radius 2 is 1.84 bits per heavy atom. The van der Waals surface area contributed by atoms with Crippen LogP contribution in [0.2, 0.25) is 5.02 Å². The number of carbonyl (C=O) groups is 1. The first-order chi connectivity index (χ1) is 12.1. The summed E-state index contributed by atoms with van der Waals surface area (Å²) in [4.78, 5) is 16.4. The Morgan fingerprint density at radius 1 is 1.04 bits per heavy atom. The summed E-state index contributed by atoms with van der Waals surface area (Å²) >= 11 is 5.96. The van der Waals surface area contributed by atoms with Crippen LogP contribution < -0.4 is 10.6 Å². The van der Waals surface area contributed by atoms with E-state index in [-0.39, 0.29) is 11.7 Å². The Morgan fingerprint density at radius 3 is 2.60 bits per heavy atom. The Bertz CT molecular complexity index is 884. The molecule has 1 amide bonds. The summed E-state index contributed by atoms with van der Waals surface area (Å²) < 4.78 is 12.9. The van der Waals surface area contributed by atoms with E-state index < -0.39 is 0 Å². The molecule has 0 aliphatic rings. The van der Waals surface area contributed by atoms with Crippen LogP contribution in [0.15, 0.2) is 67.0 Å². The molecule has 0 bridgehead atoms. The summed E-state index contributed by atoms with van der Waals surface area (Å²) in [6.45, 7) is 0.311. The molecule has 126 valence electrons. The Balaban J connectivity index is 1.65. The number of carbonyl (C=O) groups excluding carboxylic acids is 1. The molecule has 6 heteroatoms. The molecule has 1 heterocycles. The Kier molecular flexibility index (Phi) is 5.26. The molecule has 0 saturated carbocycles. The van der Waals surface area contributed by atoms with Gasteiger partial charge in [0.25, 0.3) is 5.91 Å². The van der Waals surface area contributed by atoms with Crippen molar-refractivity contribution in [3.8, 4) is 0 Å². The van der Waals surface area contributed by atoms with Gasteiger partial charge in [0, 0.05) is 23.5 Å². The lowest BCUT2D eigenvalue weighted by Gasteiger charge is -2.09. The van der Waals surface area contributed by atoms with Gasteiger partial charge in [0.05, 0.1) is 17.4 Å². The highest BCUT2D eigenvalue weighted by molar-refractivity contribution is 6.30. The minimum absolute atomic E-state index is 0.258. The minimum Gasteiger partial charge on any atom is -0.354 e.